The lowest BCUT2D eigenvalue weighted by Gasteiger charge is -2.71. The Labute approximate surface area is 149 Å². The van der Waals surface area contributed by atoms with Crippen LogP contribution in [0, 0.1) is 17.0 Å². The summed E-state index contributed by atoms with van der Waals surface area (Å²) in [6, 6.07) is 2.20. The van der Waals surface area contributed by atoms with E-state index in [2.05, 4.69) is 5.10 Å². The normalized spacial score (nSPS) is 32.5. The number of carboxylic acid groups (broad SMARTS) is 1. The Morgan fingerprint density at radius 1 is 1.19 bits per heavy atom. The lowest BCUT2D eigenvalue weighted by Crippen LogP contribution is -2.87. The zero-order valence-electron chi connectivity index (χ0n) is 13.8. The van der Waals surface area contributed by atoms with Crippen molar-refractivity contribution in [3.63, 3.8) is 0 Å². The van der Waals surface area contributed by atoms with E-state index in [1.165, 1.54) is 4.57 Å². The number of rotatable bonds is 3. The lowest BCUT2D eigenvalue weighted by molar-refractivity contribution is -0.387. The van der Waals surface area contributed by atoms with Gasteiger partial charge in [0.2, 0.25) is 0 Å². The van der Waals surface area contributed by atoms with Crippen molar-refractivity contribution in [1.29, 1.82) is 0 Å². The number of aryl methyl sites for hydroxylation is 1. The third-order valence-corrected chi connectivity index (χ3v) is 6.29. The van der Waals surface area contributed by atoms with E-state index in [4.69, 9.17) is 5.11 Å². The number of aromatic nitrogens is 3. The van der Waals surface area contributed by atoms with Gasteiger partial charge < -0.3 is 5.11 Å². The van der Waals surface area contributed by atoms with Gasteiger partial charge in [0.05, 0.1) is 6.04 Å². The van der Waals surface area contributed by atoms with Crippen LogP contribution in [0.3, 0.4) is 0 Å². The Bertz CT molecular complexity index is 1050. The van der Waals surface area contributed by atoms with Crippen LogP contribution in [0.4, 0.5) is 17.6 Å². The molecule has 6 nitrogen and oxygen atoms in total. The Balaban J connectivity index is 1.58. The summed E-state index contributed by atoms with van der Waals surface area (Å²) >= 11 is 0. The highest BCUT2D eigenvalue weighted by atomic mass is 19.3. The molecule has 0 spiro atoms. The molecule has 1 N–H and O–H groups in total. The standard InChI is InChI=1S/C17H13F4N3O3/c18-9-3-8(4-10(19)5-9)11-1-2-12-22-24(14(27)23(11)12)16-6-15(7-16,13(25)26)17(16,20)21/h3-5,11H,1-2,6-7H2,(H,25,26)/t11-,15?,16?/m0/s1. The zero-order chi connectivity index (χ0) is 19.4. The smallest absolute Gasteiger partial charge is 0.347 e. The minimum absolute atomic E-state index is 0.222. The van der Waals surface area contributed by atoms with E-state index < -0.39 is 46.2 Å². The third-order valence-electron chi connectivity index (χ3n) is 6.29. The molecule has 2 bridgehead atoms. The van der Waals surface area contributed by atoms with Crippen LogP contribution in [-0.4, -0.2) is 31.3 Å². The summed E-state index contributed by atoms with van der Waals surface area (Å²) in [5.41, 5.74) is -4.65. The molecule has 3 fully saturated rings. The van der Waals surface area contributed by atoms with Gasteiger partial charge >= 0.3 is 11.7 Å². The molecule has 142 valence electrons. The van der Waals surface area contributed by atoms with E-state index in [9.17, 15) is 27.2 Å². The van der Waals surface area contributed by atoms with E-state index in [1.54, 1.807) is 0 Å². The van der Waals surface area contributed by atoms with Gasteiger partial charge in [0.15, 0.2) is 0 Å². The van der Waals surface area contributed by atoms with Crippen LogP contribution in [0.1, 0.15) is 36.7 Å². The maximum absolute atomic E-state index is 14.5. The molecule has 0 radical (unpaired) electrons. The van der Waals surface area contributed by atoms with Gasteiger partial charge in [0, 0.05) is 25.3 Å². The number of aliphatic carboxylic acids is 1. The molecule has 2 heterocycles. The van der Waals surface area contributed by atoms with Gasteiger partial charge in [-0.3, -0.25) is 9.36 Å². The summed E-state index contributed by atoms with van der Waals surface area (Å²) in [4.78, 5) is 24.0. The molecule has 27 heavy (non-hydrogen) atoms. The molecule has 2 aromatic rings. The summed E-state index contributed by atoms with van der Waals surface area (Å²) < 4.78 is 58.0. The maximum atomic E-state index is 14.5. The highest BCUT2D eigenvalue weighted by molar-refractivity contribution is 5.82. The largest absolute Gasteiger partial charge is 0.481 e. The zero-order valence-corrected chi connectivity index (χ0v) is 13.8. The Kier molecular flexibility index (Phi) is 2.81. The predicted octanol–water partition coefficient (Wildman–Crippen LogP) is 2.07. The van der Waals surface area contributed by atoms with Gasteiger partial charge in [-0.15, -0.1) is 0 Å². The summed E-state index contributed by atoms with van der Waals surface area (Å²) in [5.74, 6) is -6.51. The highest BCUT2D eigenvalue weighted by Gasteiger charge is 2.94. The van der Waals surface area contributed by atoms with Gasteiger partial charge in [-0.1, -0.05) is 0 Å². The van der Waals surface area contributed by atoms with Crippen LogP contribution < -0.4 is 5.69 Å². The fraction of sp³-hybridized carbons (Fsp3) is 0.471. The molecule has 0 saturated heterocycles. The lowest BCUT2D eigenvalue weighted by atomic mass is 9.36. The summed E-state index contributed by atoms with van der Waals surface area (Å²) in [5, 5.41) is 13.1. The molecule has 0 amide bonds. The predicted molar refractivity (Wildman–Crippen MR) is 81.5 cm³/mol. The minimum atomic E-state index is -3.58. The van der Waals surface area contributed by atoms with E-state index in [0.29, 0.717) is 17.2 Å². The first-order chi connectivity index (χ1) is 12.6. The maximum Gasteiger partial charge on any atom is 0.347 e. The second kappa shape index (κ2) is 4.60. The molecule has 1 aromatic carbocycles. The fourth-order valence-electron chi connectivity index (χ4n) is 4.85. The van der Waals surface area contributed by atoms with Crippen molar-refractivity contribution >= 4 is 5.97 Å². The van der Waals surface area contributed by atoms with E-state index >= 15 is 0 Å². The van der Waals surface area contributed by atoms with Gasteiger partial charge in [-0.25, -0.2) is 27.0 Å². The molecule has 10 heteroatoms. The average molecular weight is 383 g/mol. The first kappa shape index (κ1) is 16.5. The number of fused-ring (bicyclic) bond motifs is 1. The third kappa shape index (κ3) is 1.65. The summed E-state index contributed by atoms with van der Waals surface area (Å²) in [7, 11) is 0. The SMILES string of the molecule is O=C(O)C12CC(n3nc4n(c3=O)[C@H](c3cc(F)cc(F)c3)CC4)(C1)C2(F)F. The van der Waals surface area contributed by atoms with E-state index in [0.717, 1.165) is 12.1 Å². The van der Waals surface area contributed by atoms with Gasteiger partial charge in [0.25, 0.3) is 5.92 Å². The van der Waals surface area contributed by atoms with E-state index in [-0.39, 0.29) is 30.7 Å². The van der Waals surface area contributed by atoms with Crippen molar-refractivity contribution in [2.75, 3.05) is 0 Å². The van der Waals surface area contributed by atoms with Gasteiger partial charge in [0.1, 0.15) is 28.4 Å². The van der Waals surface area contributed by atoms with Gasteiger partial charge in [-0.05, 0) is 24.1 Å². The molecule has 4 aliphatic rings. The molecule has 0 unspecified atom stereocenters. The Hall–Kier alpha value is -2.65. The molecular formula is C17H13F4N3O3. The van der Waals surface area contributed by atoms with Gasteiger partial charge in [-0.2, -0.15) is 5.10 Å². The van der Waals surface area contributed by atoms with Crippen LogP contribution in [-0.2, 0) is 16.8 Å². The van der Waals surface area contributed by atoms with Crippen molar-refractivity contribution < 1.29 is 27.5 Å². The number of hydrogen-bond donors (Lipinski definition) is 1. The number of carbonyl (C=O) groups is 1. The van der Waals surface area contributed by atoms with Crippen molar-refractivity contribution in [3.05, 3.63) is 51.7 Å². The number of halogens is 4. The Morgan fingerprint density at radius 2 is 1.81 bits per heavy atom. The number of nitrogens with zero attached hydrogens (tertiary/aromatic N) is 3. The van der Waals surface area contributed by atoms with Crippen molar-refractivity contribution in [2.45, 2.75) is 43.2 Å². The fourth-order valence-corrected chi connectivity index (χ4v) is 4.85. The van der Waals surface area contributed by atoms with Crippen molar-refractivity contribution in [2.24, 2.45) is 5.41 Å². The molecule has 3 aliphatic carbocycles. The van der Waals surface area contributed by atoms with Crippen LogP contribution in [0.25, 0.3) is 0 Å². The number of carboxylic acids is 1. The van der Waals surface area contributed by atoms with Crippen molar-refractivity contribution in [1.82, 2.24) is 14.3 Å². The molecule has 6 rings (SSSR count). The van der Waals surface area contributed by atoms with Crippen LogP contribution in [0.5, 0.6) is 0 Å². The molecule has 1 atom stereocenters. The quantitative estimate of drug-likeness (QED) is 0.824. The second-order valence-corrected chi connectivity index (χ2v) is 7.58. The number of hydrogen-bond acceptors (Lipinski definition) is 3. The van der Waals surface area contributed by atoms with Crippen LogP contribution in [0.2, 0.25) is 0 Å². The molecular weight excluding hydrogens is 370 g/mol. The average Bonchev–Trinajstić information content (AvgIpc) is 3.06. The van der Waals surface area contributed by atoms with Crippen LogP contribution >= 0.6 is 0 Å². The summed E-state index contributed by atoms with van der Waals surface area (Å²) in [6.45, 7) is 0. The molecule has 1 aromatic heterocycles. The van der Waals surface area contributed by atoms with E-state index in [1.807, 2.05) is 0 Å². The topological polar surface area (TPSA) is 77.1 Å². The second-order valence-electron chi connectivity index (χ2n) is 7.58. The number of alkyl halides is 2. The Morgan fingerprint density at radius 3 is 2.37 bits per heavy atom. The monoisotopic (exact) mass is 383 g/mol. The molecule has 1 aliphatic heterocycles. The summed E-state index contributed by atoms with van der Waals surface area (Å²) in [6.07, 6.45) is -0.0730. The molecule has 3 saturated carbocycles. The minimum Gasteiger partial charge on any atom is -0.481 e. The first-order valence-corrected chi connectivity index (χ1v) is 8.41. The highest BCUT2D eigenvalue weighted by Crippen LogP contribution is 2.79. The number of benzene rings is 1. The van der Waals surface area contributed by atoms with Crippen LogP contribution in [0.15, 0.2) is 23.0 Å². The first-order valence-electron chi connectivity index (χ1n) is 8.41. The van der Waals surface area contributed by atoms with Crippen molar-refractivity contribution in [3.8, 4) is 0 Å².